The normalized spacial score (nSPS) is 13.2. The van der Waals surface area contributed by atoms with E-state index in [-0.39, 0.29) is 10.6 Å². The van der Waals surface area contributed by atoms with Crippen molar-refractivity contribution in [3.63, 3.8) is 0 Å². The maximum absolute atomic E-state index is 11.2. The molecule has 0 saturated carbocycles. The summed E-state index contributed by atoms with van der Waals surface area (Å²) in [5, 5.41) is 11.2. The monoisotopic (exact) mass is 267 g/mol. The second-order valence-electron chi connectivity index (χ2n) is 4.74. The lowest BCUT2D eigenvalue weighted by molar-refractivity contribution is -0.384. The van der Waals surface area contributed by atoms with Gasteiger partial charge in [-0.05, 0) is 29.5 Å². The van der Waals surface area contributed by atoms with Crippen LogP contribution in [-0.2, 0) is 6.54 Å². The molecule has 0 amide bonds. The molecule has 0 bridgehead atoms. The Kier molecular flexibility index (Phi) is 2.95. The van der Waals surface area contributed by atoms with E-state index in [1.165, 1.54) is 6.07 Å². The minimum Gasteiger partial charge on any atom is -0.376 e. The van der Waals surface area contributed by atoms with Crippen LogP contribution in [0.25, 0.3) is 17.3 Å². The molecule has 0 aliphatic carbocycles. The van der Waals surface area contributed by atoms with Gasteiger partial charge in [-0.1, -0.05) is 18.2 Å². The smallest absolute Gasteiger partial charge is 0.295 e. The standard InChI is InChI=1S/C15H13N3O2/c1-17-9-7-12-11(10-17)4-2-5-13(12)15-14(18(19)20)6-3-8-16-15/h2-9H,10H2,1H3. The van der Waals surface area contributed by atoms with Crippen LogP contribution in [-0.4, -0.2) is 21.9 Å². The summed E-state index contributed by atoms with van der Waals surface area (Å²) >= 11 is 0. The molecule has 2 aromatic rings. The highest BCUT2D eigenvalue weighted by Crippen LogP contribution is 2.34. The molecule has 3 rings (SSSR count). The fraction of sp³-hybridized carbons (Fsp3) is 0.133. The Morgan fingerprint density at radius 2 is 2.15 bits per heavy atom. The molecule has 0 spiro atoms. The van der Waals surface area contributed by atoms with Crippen LogP contribution in [0.3, 0.4) is 0 Å². The van der Waals surface area contributed by atoms with E-state index in [0.717, 1.165) is 23.2 Å². The summed E-state index contributed by atoms with van der Waals surface area (Å²) in [7, 11) is 2.00. The first-order valence-corrected chi connectivity index (χ1v) is 6.27. The van der Waals surface area contributed by atoms with Gasteiger partial charge >= 0.3 is 0 Å². The first-order valence-electron chi connectivity index (χ1n) is 6.27. The number of rotatable bonds is 2. The average Bonchev–Trinajstić information content (AvgIpc) is 2.46. The predicted octanol–water partition coefficient (Wildman–Crippen LogP) is 3.07. The molecule has 1 aromatic heterocycles. The van der Waals surface area contributed by atoms with Gasteiger partial charge in [-0.15, -0.1) is 0 Å². The minimum absolute atomic E-state index is 0.0354. The van der Waals surface area contributed by atoms with Gasteiger partial charge in [-0.2, -0.15) is 0 Å². The molecule has 0 unspecified atom stereocenters. The predicted molar refractivity (Wildman–Crippen MR) is 76.8 cm³/mol. The highest BCUT2D eigenvalue weighted by Gasteiger charge is 2.20. The summed E-state index contributed by atoms with van der Waals surface area (Å²) in [6.07, 6.45) is 5.54. The third-order valence-corrected chi connectivity index (χ3v) is 3.35. The van der Waals surface area contributed by atoms with E-state index in [4.69, 9.17) is 0 Å². The Morgan fingerprint density at radius 1 is 1.30 bits per heavy atom. The largest absolute Gasteiger partial charge is 0.376 e. The number of fused-ring (bicyclic) bond motifs is 1. The summed E-state index contributed by atoms with van der Waals surface area (Å²) in [5.74, 6) is 0. The van der Waals surface area contributed by atoms with Gasteiger partial charge in [0.2, 0.25) is 0 Å². The Balaban J connectivity index is 2.21. The zero-order valence-electron chi connectivity index (χ0n) is 11.0. The van der Waals surface area contributed by atoms with Gasteiger partial charge < -0.3 is 4.90 Å². The third kappa shape index (κ3) is 2.03. The topological polar surface area (TPSA) is 59.3 Å². The molecule has 0 saturated heterocycles. The summed E-state index contributed by atoms with van der Waals surface area (Å²) < 4.78 is 0. The number of hydrogen-bond donors (Lipinski definition) is 0. The van der Waals surface area contributed by atoms with Crippen molar-refractivity contribution < 1.29 is 4.92 Å². The Hall–Kier alpha value is -2.69. The number of nitro groups is 1. The van der Waals surface area contributed by atoms with E-state index in [2.05, 4.69) is 9.88 Å². The number of aromatic nitrogens is 1. The fourth-order valence-corrected chi connectivity index (χ4v) is 2.43. The molecule has 1 aliphatic heterocycles. The average molecular weight is 267 g/mol. The number of benzene rings is 1. The summed E-state index contributed by atoms with van der Waals surface area (Å²) in [6.45, 7) is 0.792. The van der Waals surface area contributed by atoms with Crippen LogP contribution in [0, 0.1) is 10.1 Å². The van der Waals surface area contributed by atoms with Crippen molar-refractivity contribution in [2.24, 2.45) is 0 Å². The number of hydrogen-bond acceptors (Lipinski definition) is 4. The Labute approximate surface area is 116 Å². The molecule has 5 heteroatoms. The van der Waals surface area contributed by atoms with Gasteiger partial charge in [0.25, 0.3) is 5.69 Å². The summed E-state index contributed by atoms with van der Waals surface area (Å²) in [5.41, 5.74) is 3.41. The van der Waals surface area contributed by atoms with Crippen molar-refractivity contribution in [1.29, 1.82) is 0 Å². The van der Waals surface area contributed by atoms with Gasteiger partial charge in [0.15, 0.2) is 0 Å². The molecule has 0 atom stereocenters. The minimum atomic E-state index is -0.388. The molecule has 20 heavy (non-hydrogen) atoms. The van der Waals surface area contributed by atoms with Crippen molar-refractivity contribution in [3.8, 4) is 11.3 Å². The Bertz CT molecular complexity index is 710. The number of nitrogens with zero attached hydrogens (tertiary/aromatic N) is 3. The second-order valence-corrected chi connectivity index (χ2v) is 4.74. The fourth-order valence-electron chi connectivity index (χ4n) is 2.43. The highest BCUT2D eigenvalue weighted by molar-refractivity contribution is 5.80. The van der Waals surface area contributed by atoms with Crippen molar-refractivity contribution in [3.05, 3.63) is 64.0 Å². The van der Waals surface area contributed by atoms with E-state index < -0.39 is 0 Å². The van der Waals surface area contributed by atoms with Crippen LogP contribution in [0.1, 0.15) is 11.1 Å². The first kappa shape index (κ1) is 12.3. The van der Waals surface area contributed by atoms with Crippen LogP contribution in [0.2, 0.25) is 0 Å². The zero-order valence-corrected chi connectivity index (χ0v) is 11.0. The SMILES string of the molecule is CN1C=Cc2c(cccc2-c2ncccc2[N+](=O)[O-])C1. The van der Waals surface area contributed by atoms with Crippen molar-refractivity contribution in [2.45, 2.75) is 6.54 Å². The molecule has 0 radical (unpaired) electrons. The summed E-state index contributed by atoms with van der Waals surface area (Å²) in [6, 6.07) is 8.90. The van der Waals surface area contributed by atoms with Gasteiger partial charge in [0, 0.05) is 31.4 Å². The molecule has 1 aliphatic rings. The van der Waals surface area contributed by atoms with Gasteiger partial charge in [-0.25, -0.2) is 4.98 Å². The van der Waals surface area contributed by atoms with Gasteiger partial charge in [0.1, 0.15) is 5.69 Å². The van der Waals surface area contributed by atoms with E-state index in [0.29, 0.717) is 5.69 Å². The molecule has 5 nitrogen and oxygen atoms in total. The van der Waals surface area contributed by atoms with E-state index in [1.54, 1.807) is 12.3 Å². The third-order valence-electron chi connectivity index (χ3n) is 3.35. The Morgan fingerprint density at radius 3 is 2.95 bits per heavy atom. The lowest BCUT2D eigenvalue weighted by Crippen LogP contribution is -2.14. The molecular weight excluding hydrogens is 254 g/mol. The maximum Gasteiger partial charge on any atom is 0.295 e. The second kappa shape index (κ2) is 4.77. The van der Waals surface area contributed by atoms with E-state index >= 15 is 0 Å². The van der Waals surface area contributed by atoms with Crippen molar-refractivity contribution in [1.82, 2.24) is 9.88 Å². The van der Waals surface area contributed by atoms with Crippen LogP contribution in [0.5, 0.6) is 0 Å². The van der Waals surface area contributed by atoms with Crippen LogP contribution < -0.4 is 0 Å². The molecule has 2 heterocycles. The van der Waals surface area contributed by atoms with Gasteiger partial charge in [0.05, 0.1) is 4.92 Å². The molecule has 0 fully saturated rings. The highest BCUT2D eigenvalue weighted by atomic mass is 16.6. The lowest BCUT2D eigenvalue weighted by atomic mass is 9.95. The molecule has 0 N–H and O–H groups in total. The van der Waals surface area contributed by atoms with Crippen LogP contribution in [0.15, 0.2) is 42.7 Å². The van der Waals surface area contributed by atoms with Crippen LogP contribution in [0.4, 0.5) is 5.69 Å². The van der Waals surface area contributed by atoms with E-state index in [9.17, 15) is 10.1 Å². The lowest BCUT2D eigenvalue weighted by Gasteiger charge is -2.22. The first-order chi connectivity index (χ1) is 9.66. The number of pyridine rings is 1. The molecule has 100 valence electrons. The molecule has 1 aromatic carbocycles. The zero-order chi connectivity index (χ0) is 14.1. The molecular formula is C15H13N3O2. The van der Waals surface area contributed by atoms with Crippen molar-refractivity contribution >= 4 is 11.8 Å². The van der Waals surface area contributed by atoms with Gasteiger partial charge in [-0.3, -0.25) is 10.1 Å². The summed E-state index contributed by atoms with van der Waals surface area (Å²) in [4.78, 5) is 17.0. The maximum atomic E-state index is 11.2. The quantitative estimate of drug-likeness (QED) is 0.619. The van der Waals surface area contributed by atoms with Crippen molar-refractivity contribution in [2.75, 3.05) is 7.05 Å². The van der Waals surface area contributed by atoms with Crippen LogP contribution >= 0.6 is 0 Å². The van der Waals surface area contributed by atoms with E-state index in [1.807, 2.05) is 37.5 Å².